The number of nitrogens with zero attached hydrogens (tertiary/aromatic N) is 2. The molecule has 1 aliphatic rings. The largest absolute Gasteiger partial charge is 0.497 e. The summed E-state index contributed by atoms with van der Waals surface area (Å²) in [5, 5.41) is 0.299. The Morgan fingerprint density at radius 2 is 1.80 bits per heavy atom. The van der Waals surface area contributed by atoms with Crippen LogP contribution in [-0.2, 0) is 11.3 Å². The van der Waals surface area contributed by atoms with E-state index >= 15 is 0 Å². The molecule has 0 aromatic heterocycles. The maximum Gasteiger partial charge on any atom is 0.223 e. The third-order valence-corrected chi connectivity index (χ3v) is 5.06. The maximum atomic E-state index is 12.5. The molecule has 0 bridgehead atoms. The highest BCUT2D eigenvalue weighted by atomic mass is 35.5. The van der Waals surface area contributed by atoms with Crippen molar-refractivity contribution in [1.82, 2.24) is 4.90 Å². The number of carbonyl (C=O) groups is 1. The number of hydrogen-bond acceptors (Lipinski definition) is 4. The molecule has 0 N–H and O–H groups in total. The zero-order chi connectivity index (χ0) is 21.7. The lowest BCUT2D eigenvalue weighted by Gasteiger charge is -2.25. The zero-order valence-corrected chi connectivity index (χ0v) is 18.4. The van der Waals surface area contributed by atoms with E-state index in [2.05, 4.69) is 4.99 Å². The van der Waals surface area contributed by atoms with E-state index in [-0.39, 0.29) is 5.91 Å². The average molecular weight is 425 g/mol. The van der Waals surface area contributed by atoms with Crippen LogP contribution < -0.4 is 9.47 Å². The number of rotatable bonds is 5. The van der Waals surface area contributed by atoms with Crippen LogP contribution in [-0.4, -0.2) is 23.8 Å². The van der Waals surface area contributed by atoms with Gasteiger partial charge in [0.05, 0.1) is 20.1 Å². The van der Waals surface area contributed by atoms with Crippen LogP contribution in [0.5, 0.6) is 11.5 Å². The number of aliphatic imine (C=N–C) groups is 1. The lowest BCUT2D eigenvalue weighted by molar-refractivity contribution is -0.127. The molecule has 2 aromatic rings. The fraction of sp³-hybridized carbons (Fsp3) is 0.250. The van der Waals surface area contributed by atoms with E-state index in [9.17, 15) is 4.79 Å². The van der Waals surface area contributed by atoms with Gasteiger partial charge in [0.15, 0.2) is 0 Å². The molecular weight excluding hydrogens is 400 g/mol. The summed E-state index contributed by atoms with van der Waals surface area (Å²) in [6, 6.07) is 13.5. The zero-order valence-electron chi connectivity index (χ0n) is 17.6. The molecule has 5 nitrogen and oxygen atoms in total. The van der Waals surface area contributed by atoms with Crippen molar-refractivity contribution in [3.63, 3.8) is 0 Å². The van der Waals surface area contributed by atoms with Crippen LogP contribution in [0, 0.1) is 13.8 Å². The molecule has 1 heterocycles. The quantitative estimate of drug-likeness (QED) is 0.595. The normalized spacial score (nSPS) is 13.6. The van der Waals surface area contributed by atoms with Gasteiger partial charge in [-0.2, -0.15) is 0 Å². The average Bonchev–Trinajstić information content (AvgIpc) is 2.89. The molecule has 0 saturated carbocycles. The van der Waals surface area contributed by atoms with Gasteiger partial charge in [-0.1, -0.05) is 35.4 Å². The Labute approximate surface area is 182 Å². The first-order chi connectivity index (χ1) is 14.4. The predicted octanol–water partition coefficient (Wildman–Crippen LogP) is 5.51. The molecule has 30 heavy (non-hydrogen) atoms. The molecule has 0 radical (unpaired) electrons. The van der Waals surface area contributed by atoms with Crippen LogP contribution in [0.4, 0.5) is 0 Å². The van der Waals surface area contributed by atoms with E-state index < -0.39 is 0 Å². The van der Waals surface area contributed by atoms with Gasteiger partial charge in [-0.25, -0.2) is 4.99 Å². The smallest absolute Gasteiger partial charge is 0.223 e. The van der Waals surface area contributed by atoms with Crippen LogP contribution in [0.15, 0.2) is 70.5 Å². The summed E-state index contributed by atoms with van der Waals surface area (Å²) in [5.74, 6) is 1.77. The number of benzene rings is 2. The first kappa shape index (κ1) is 21.7. The van der Waals surface area contributed by atoms with Gasteiger partial charge in [0.25, 0.3) is 0 Å². The standard InChI is InChI=1S/C24H25ClN2O3/c1-16-5-9-21(10-6-16)30-24-14-20(8-12-23(25)26-24)27(18(3)28)15-19-13-22(29-4)11-7-17(19)2/h5-13H,14-15H2,1-4H3. The van der Waals surface area contributed by atoms with Gasteiger partial charge in [-0.3, -0.25) is 4.79 Å². The molecule has 1 amide bonds. The predicted molar refractivity (Wildman–Crippen MR) is 120 cm³/mol. The van der Waals surface area contributed by atoms with Crippen LogP contribution in [0.25, 0.3) is 0 Å². The highest BCUT2D eigenvalue weighted by molar-refractivity contribution is 6.30. The number of ether oxygens (including phenoxy) is 2. The highest BCUT2D eigenvalue weighted by Gasteiger charge is 2.20. The number of allylic oxidation sites excluding steroid dienone is 2. The van der Waals surface area contributed by atoms with Gasteiger partial charge in [0.1, 0.15) is 16.7 Å². The van der Waals surface area contributed by atoms with Crippen molar-refractivity contribution >= 4 is 23.4 Å². The minimum Gasteiger partial charge on any atom is -0.497 e. The summed E-state index contributed by atoms with van der Waals surface area (Å²) in [7, 11) is 1.63. The summed E-state index contributed by atoms with van der Waals surface area (Å²) < 4.78 is 11.3. The molecule has 0 fully saturated rings. The number of halogens is 1. The Balaban J connectivity index is 1.86. The van der Waals surface area contributed by atoms with Gasteiger partial charge in [0, 0.05) is 12.6 Å². The molecule has 0 spiro atoms. The molecule has 0 aliphatic carbocycles. The van der Waals surface area contributed by atoms with Crippen molar-refractivity contribution < 1.29 is 14.3 Å². The van der Waals surface area contributed by atoms with Crippen molar-refractivity contribution in [3.8, 4) is 11.5 Å². The maximum absolute atomic E-state index is 12.5. The van der Waals surface area contributed by atoms with Gasteiger partial charge in [-0.15, -0.1) is 0 Å². The Morgan fingerprint density at radius 1 is 1.10 bits per heavy atom. The molecule has 3 rings (SSSR count). The van der Waals surface area contributed by atoms with E-state index in [1.54, 1.807) is 25.0 Å². The lowest BCUT2D eigenvalue weighted by atomic mass is 10.1. The van der Waals surface area contributed by atoms with Crippen LogP contribution in [0.1, 0.15) is 30.0 Å². The van der Waals surface area contributed by atoms with Gasteiger partial charge >= 0.3 is 0 Å². The Bertz CT molecular complexity index is 1020. The first-order valence-corrected chi connectivity index (χ1v) is 10.0. The molecular formula is C24H25ClN2O3. The summed E-state index contributed by atoms with van der Waals surface area (Å²) in [5.41, 5.74) is 3.98. The number of aryl methyl sites for hydroxylation is 2. The van der Waals surface area contributed by atoms with Gasteiger partial charge < -0.3 is 14.4 Å². The first-order valence-electron chi connectivity index (χ1n) is 9.66. The van der Waals surface area contributed by atoms with E-state index in [1.807, 2.05) is 62.4 Å². The van der Waals surface area contributed by atoms with Gasteiger partial charge in [-0.05, 0) is 61.4 Å². The van der Waals surface area contributed by atoms with E-state index in [4.69, 9.17) is 21.1 Å². The summed E-state index contributed by atoms with van der Waals surface area (Å²) in [4.78, 5) is 18.6. The summed E-state index contributed by atoms with van der Waals surface area (Å²) in [6.07, 6.45) is 3.83. The monoisotopic (exact) mass is 424 g/mol. The molecule has 1 aliphatic heterocycles. The van der Waals surface area contributed by atoms with Crippen molar-refractivity contribution in [3.05, 3.63) is 82.2 Å². The van der Waals surface area contributed by atoms with E-state index in [0.29, 0.717) is 29.8 Å². The Kier molecular flexibility index (Phi) is 6.95. The second kappa shape index (κ2) is 9.63. The minimum absolute atomic E-state index is 0.0791. The van der Waals surface area contributed by atoms with Crippen molar-refractivity contribution in [2.75, 3.05) is 7.11 Å². The second-order valence-electron chi connectivity index (χ2n) is 7.14. The fourth-order valence-corrected chi connectivity index (χ4v) is 3.25. The molecule has 0 unspecified atom stereocenters. The van der Waals surface area contributed by atoms with Crippen molar-refractivity contribution in [2.24, 2.45) is 4.99 Å². The third-order valence-electron chi connectivity index (χ3n) is 4.85. The third kappa shape index (κ3) is 5.51. The van der Waals surface area contributed by atoms with Crippen molar-refractivity contribution in [1.29, 1.82) is 0 Å². The lowest BCUT2D eigenvalue weighted by Crippen LogP contribution is -2.29. The van der Waals surface area contributed by atoms with E-state index in [1.165, 1.54) is 0 Å². The molecule has 6 heteroatoms. The highest BCUT2D eigenvalue weighted by Crippen LogP contribution is 2.25. The number of methoxy groups -OCH3 is 1. The molecule has 156 valence electrons. The Hall–Kier alpha value is -3.05. The summed E-state index contributed by atoms with van der Waals surface area (Å²) in [6.45, 7) is 5.98. The minimum atomic E-state index is -0.0791. The second-order valence-corrected chi connectivity index (χ2v) is 7.53. The molecule has 2 aromatic carbocycles. The Morgan fingerprint density at radius 3 is 2.47 bits per heavy atom. The van der Waals surface area contributed by atoms with Crippen LogP contribution in [0.2, 0.25) is 0 Å². The molecule has 0 atom stereocenters. The van der Waals surface area contributed by atoms with Crippen LogP contribution >= 0.6 is 11.6 Å². The van der Waals surface area contributed by atoms with Crippen molar-refractivity contribution in [2.45, 2.75) is 33.7 Å². The SMILES string of the molecule is COc1ccc(C)c(CN(C(C)=O)C2=CC=C(Cl)N=C(Oc3ccc(C)cc3)C2)c1. The number of carbonyl (C=O) groups excluding carboxylic acids is 1. The fourth-order valence-electron chi connectivity index (χ4n) is 3.09. The van der Waals surface area contributed by atoms with Crippen LogP contribution in [0.3, 0.4) is 0 Å². The molecule has 0 saturated heterocycles. The van der Waals surface area contributed by atoms with Gasteiger partial charge in [0.2, 0.25) is 11.8 Å². The topological polar surface area (TPSA) is 51.1 Å². The number of amides is 1. The van der Waals surface area contributed by atoms with E-state index in [0.717, 1.165) is 28.1 Å². The number of hydrogen-bond donors (Lipinski definition) is 0. The summed E-state index contributed by atoms with van der Waals surface area (Å²) >= 11 is 6.21.